The monoisotopic (exact) mass is 238 g/mol. The van der Waals surface area contributed by atoms with Crippen LogP contribution < -0.4 is 11.1 Å². The van der Waals surface area contributed by atoms with Crippen molar-refractivity contribution in [3.8, 4) is 0 Å². The average molecular weight is 238 g/mol. The molecule has 0 fully saturated rings. The number of rotatable bonds is 5. The zero-order valence-corrected chi connectivity index (χ0v) is 10.3. The molecule has 0 aliphatic heterocycles. The Labute approximate surface area is 100 Å². The van der Waals surface area contributed by atoms with Crippen LogP contribution in [0.25, 0.3) is 0 Å². The van der Waals surface area contributed by atoms with Gasteiger partial charge < -0.3 is 11.1 Å². The van der Waals surface area contributed by atoms with Crippen molar-refractivity contribution in [2.24, 2.45) is 11.7 Å². The predicted molar refractivity (Wildman–Crippen MR) is 66.9 cm³/mol. The molecule has 1 atom stereocenters. The molecule has 17 heavy (non-hydrogen) atoms. The molecule has 0 saturated heterocycles. The Morgan fingerprint density at radius 2 is 2.24 bits per heavy atom. The first-order valence-corrected chi connectivity index (χ1v) is 5.53. The lowest BCUT2D eigenvalue weighted by Crippen LogP contribution is -2.34. The Morgan fingerprint density at radius 3 is 2.71 bits per heavy atom. The van der Waals surface area contributed by atoms with Crippen molar-refractivity contribution in [1.29, 1.82) is 0 Å². The van der Waals surface area contributed by atoms with E-state index in [9.17, 15) is 10.1 Å². The van der Waals surface area contributed by atoms with E-state index < -0.39 is 4.92 Å². The topological polar surface area (TPSA) is 94.1 Å². The van der Waals surface area contributed by atoms with Crippen LogP contribution in [-0.4, -0.2) is 22.5 Å². The second-order valence-corrected chi connectivity index (χ2v) is 4.37. The summed E-state index contributed by atoms with van der Waals surface area (Å²) in [6.45, 7) is 6.19. The highest BCUT2D eigenvalue weighted by Gasteiger charge is 2.19. The van der Waals surface area contributed by atoms with Gasteiger partial charge in [0, 0.05) is 24.8 Å². The normalized spacial score (nSPS) is 12.5. The van der Waals surface area contributed by atoms with E-state index in [1.54, 1.807) is 13.1 Å². The first kappa shape index (κ1) is 13.4. The number of hydrogen-bond donors (Lipinski definition) is 2. The molecule has 1 aromatic rings. The van der Waals surface area contributed by atoms with Crippen molar-refractivity contribution in [3.63, 3.8) is 0 Å². The van der Waals surface area contributed by atoms with Crippen LogP contribution >= 0.6 is 0 Å². The van der Waals surface area contributed by atoms with Gasteiger partial charge in [-0.25, -0.2) is 4.98 Å². The average Bonchev–Trinajstić information content (AvgIpc) is 2.26. The van der Waals surface area contributed by atoms with Gasteiger partial charge in [-0.2, -0.15) is 0 Å². The molecule has 0 saturated carbocycles. The Bertz CT molecular complexity index is 406. The molecule has 0 aliphatic rings. The summed E-state index contributed by atoms with van der Waals surface area (Å²) >= 11 is 0. The summed E-state index contributed by atoms with van der Waals surface area (Å²) < 4.78 is 0. The van der Waals surface area contributed by atoms with Gasteiger partial charge in [-0.05, 0) is 18.4 Å². The number of aromatic nitrogens is 1. The molecule has 0 bridgehead atoms. The van der Waals surface area contributed by atoms with Gasteiger partial charge in [0.1, 0.15) is 0 Å². The largest absolute Gasteiger partial charge is 0.360 e. The predicted octanol–water partition coefficient (Wildman–Crippen LogP) is 1.69. The zero-order valence-electron chi connectivity index (χ0n) is 10.3. The van der Waals surface area contributed by atoms with Gasteiger partial charge in [0.2, 0.25) is 5.82 Å². The third kappa shape index (κ3) is 3.39. The molecule has 1 aromatic heterocycles. The lowest BCUT2D eigenvalue weighted by Gasteiger charge is -2.20. The highest BCUT2D eigenvalue weighted by Crippen LogP contribution is 2.23. The number of nitrogens with zero attached hydrogens (tertiary/aromatic N) is 2. The number of nitrogens with one attached hydrogen (secondary N) is 1. The minimum Gasteiger partial charge on any atom is -0.360 e. The summed E-state index contributed by atoms with van der Waals surface area (Å²) in [5.41, 5.74) is 6.37. The second-order valence-electron chi connectivity index (χ2n) is 4.37. The molecule has 94 valence electrons. The van der Waals surface area contributed by atoms with Gasteiger partial charge >= 0.3 is 5.69 Å². The number of hydrogen-bond acceptors (Lipinski definition) is 5. The van der Waals surface area contributed by atoms with Crippen molar-refractivity contribution >= 4 is 11.5 Å². The van der Waals surface area contributed by atoms with Gasteiger partial charge in [-0.3, -0.25) is 10.1 Å². The van der Waals surface area contributed by atoms with Gasteiger partial charge in [0.15, 0.2) is 0 Å². The van der Waals surface area contributed by atoms with E-state index in [2.05, 4.69) is 10.3 Å². The second kappa shape index (κ2) is 5.58. The van der Waals surface area contributed by atoms with Crippen LogP contribution in [0.5, 0.6) is 0 Å². The number of anilines is 1. The molecular weight excluding hydrogens is 220 g/mol. The van der Waals surface area contributed by atoms with E-state index >= 15 is 0 Å². The number of nitro groups is 1. The quantitative estimate of drug-likeness (QED) is 0.601. The van der Waals surface area contributed by atoms with Crippen molar-refractivity contribution in [3.05, 3.63) is 27.9 Å². The molecule has 0 amide bonds. The van der Waals surface area contributed by atoms with Crippen LogP contribution in [0.4, 0.5) is 11.5 Å². The van der Waals surface area contributed by atoms with Crippen LogP contribution in [-0.2, 0) is 0 Å². The molecule has 1 rings (SSSR count). The highest BCUT2D eigenvalue weighted by atomic mass is 16.6. The smallest absolute Gasteiger partial charge is 0.311 e. The molecule has 0 aromatic carbocycles. The van der Waals surface area contributed by atoms with Gasteiger partial charge in [-0.15, -0.1) is 0 Å². The third-order valence-corrected chi connectivity index (χ3v) is 2.58. The Balaban J connectivity index is 3.01. The first-order valence-electron chi connectivity index (χ1n) is 5.53. The summed E-state index contributed by atoms with van der Waals surface area (Å²) in [7, 11) is 0. The molecule has 0 aliphatic carbocycles. The van der Waals surface area contributed by atoms with Crippen LogP contribution in [0.15, 0.2) is 12.3 Å². The van der Waals surface area contributed by atoms with Crippen molar-refractivity contribution in [1.82, 2.24) is 4.98 Å². The fourth-order valence-corrected chi connectivity index (χ4v) is 1.48. The van der Waals surface area contributed by atoms with Crippen molar-refractivity contribution in [2.45, 2.75) is 26.8 Å². The maximum absolute atomic E-state index is 10.9. The summed E-state index contributed by atoms with van der Waals surface area (Å²) in [5.74, 6) is 0.562. The number of nitrogens with two attached hydrogens (primary N) is 1. The molecule has 0 radical (unpaired) electrons. The van der Waals surface area contributed by atoms with Crippen molar-refractivity contribution in [2.75, 3.05) is 11.9 Å². The molecule has 3 N–H and O–H groups in total. The van der Waals surface area contributed by atoms with E-state index in [-0.39, 0.29) is 23.5 Å². The van der Waals surface area contributed by atoms with Crippen LogP contribution in [0.3, 0.4) is 0 Å². The fraction of sp³-hybridized carbons (Fsp3) is 0.545. The SMILES string of the molecule is Cc1cnc(NC(CN)C(C)C)c([N+](=O)[O-])c1. The van der Waals surface area contributed by atoms with Crippen LogP contribution in [0.2, 0.25) is 0 Å². The van der Waals surface area contributed by atoms with E-state index in [0.717, 1.165) is 5.56 Å². The molecule has 6 nitrogen and oxygen atoms in total. The molecular formula is C11H18N4O2. The molecule has 0 spiro atoms. The lowest BCUT2D eigenvalue weighted by atomic mass is 10.0. The van der Waals surface area contributed by atoms with Crippen LogP contribution in [0.1, 0.15) is 19.4 Å². The maximum atomic E-state index is 10.9. The summed E-state index contributed by atoms with van der Waals surface area (Å²) in [6, 6.07) is 1.48. The summed E-state index contributed by atoms with van der Waals surface area (Å²) in [5, 5.41) is 13.9. The van der Waals surface area contributed by atoms with Crippen molar-refractivity contribution < 1.29 is 4.92 Å². The zero-order chi connectivity index (χ0) is 13.0. The standard InChI is InChI=1S/C11H18N4O2/c1-7(2)9(5-12)14-11-10(15(16)17)4-8(3)6-13-11/h4,6-7,9H,5,12H2,1-3H3,(H,13,14). The minimum absolute atomic E-state index is 0.0101. The molecule has 1 heterocycles. The fourth-order valence-electron chi connectivity index (χ4n) is 1.48. The Hall–Kier alpha value is -1.69. The number of pyridine rings is 1. The molecule has 1 unspecified atom stereocenters. The number of aryl methyl sites for hydroxylation is 1. The third-order valence-electron chi connectivity index (χ3n) is 2.58. The maximum Gasteiger partial charge on any atom is 0.311 e. The van der Waals surface area contributed by atoms with Gasteiger partial charge in [-0.1, -0.05) is 13.8 Å². The first-order chi connectivity index (χ1) is 7.95. The Morgan fingerprint density at radius 1 is 1.59 bits per heavy atom. The highest BCUT2D eigenvalue weighted by molar-refractivity contribution is 5.57. The van der Waals surface area contributed by atoms with Crippen LogP contribution in [0, 0.1) is 23.0 Å². The van der Waals surface area contributed by atoms with E-state index in [4.69, 9.17) is 5.73 Å². The van der Waals surface area contributed by atoms with E-state index in [1.165, 1.54) is 6.07 Å². The van der Waals surface area contributed by atoms with E-state index in [1.807, 2.05) is 13.8 Å². The van der Waals surface area contributed by atoms with E-state index in [0.29, 0.717) is 6.54 Å². The van der Waals surface area contributed by atoms with Gasteiger partial charge in [0.25, 0.3) is 0 Å². The summed E-state index contributed by atoms with van der Waals surface area (Å²) in [4.78, 5) is 14.5. The minimum atomic E-state index is -0.434. The van der Waals surface area contributed by atoms with Gasteiger partial charge in [0.05, 0.1) is 4.92 Å². The lowest BCUT2D eigenvalue weighted by molar-refractivity contribution is -0.384. The Kier molecular flexibility index (Phi) is 4.39. The molecule has 6 heteroatoms. The summed E-state index contributed by atoms with van der Waals surface area (Å²) in [6.07, 6.45) is 1.60.